The van der Waals surface area contributed by atoms with Crippen molar-refractivity contribution in [2.75, 3.05) is 23.9 Å². The Bertz CT molecular complexity index is 928. The highest BCUT2D eigenvalue weighted by Gasteiger charge is 2.18. The molecule has 0 bridgehead atoms. The number of benzene rings is 2. The Kier molecular flexibility index (Phi) is 4.39. The minimum Gasteiger partial charge on any atom is -0.495 e. The smallest absolute Gasteiger partial charge is 0.249 e. The molecule has 1 aliphatic heterocycles. The van der Waals surface area contributed by atoms with E-state index in [1.54, 1.807) is 13.3 Å². The molecule has 0 fully saturated rings. The number of methoxy groups -OCH3 is 1. The number of nitrogens with one attached hydrogen (secondary N) is 1. The molecule has 0 spiro atoms. The van der Waals surface area contributed by atoms with Gasteiger partial charge in [-0.05, 0) is 42.2 Å². The predicted octanol–water partition coefficient (Wildman–Crippen LogP) is 3.49. The maximum atomic E-state index is 5.41. The van der Waals surface area contributed by atoms with E-state index in [9.17, 15) is 0 Å². The van der Waals surface area contributed by atoms with Gasteiger partial charge in [0.2, 0.25) is 5.95 Å². The fraction of sp³-hybridized carbons (Fsp3) is 0.250. The summed E-state index contributed by atoms with van der Waals surface area (Å²) >= 11 is 0. The van der Waals surface area contributed by atoms with E-state index in [0.717, 1.165) is 42.3 Å². The number of rotatable bonds is 4. The van der Waals surface area contributed by atoms with Crippen LogP contribution in [0, 0.1) is 6.92 Å². The Balaban J connectivity index is 1.57. The Morgan fingerprint density at radius 1 is 1.12 bits per heavy atom. The first-order chi connectivity index (χ1) is 12.7. The molecule has 1 N–H and O–H groups in total. The normalized spacial score (nSPS) is 13.2. The van der Waals surface area contributed by atoms with Crippen LogP contribution in [0.5, 0.6) is 5.75 Å². The second-order valence-corrected chi connectivity index (χ2v) is 6.41. The molecule has 0 saturated carbocycles. The van der Waals surface area contributed by atoms with Crippen LogP contribution >= 0.6 is 0 Å². The number of nitrogens with zero attached hydrogens (tertiary/aromatic N) is 4. The van der Waals surface area contributed by atoms with E-state index in [2.05, 4.69) is 49.7 Å². The third-order valence-corrected chi connectivity index (χ3v) is 4.60. The van der Waals surface area contributed by atoms with Crippen LogP contribution in [0.4, 0.5) is 17.5 Å². The van der Waals surface area contributed by atoms with Gasteiger partial charge in [0.25, 0.3) is 0 Å². The van der Waals surface area contributed by atoms with Gasteiger partial charge in [0.05, 0.1) is 19.0 Å². The predicted molar refractivity (Wildman–Crippen MR) is 102 cm³/mol. The molecule has 0 amide bonds. The zero-order chi connectivity index (χ0) is 17.9. The van der Waals surface area contributed by atoms with Crippen molar-refractivity contribution in [3.05, 3.63) is 65.4 Å². The molecule has 1 aliphatic rings. The molecule has 1 aromatic heterocycles. The first-order valence-corrected chi connectivity index (χ1v) is 8.66. The van der Waals surface area contributed by atoms with Crippen LogP contribution < -0.4 is 15.0 Å². The molecule has 6 heteroatoms. The highest BCUT2D eigenvalue weighted by Crippen LogP contribution is 2.28. The molecule has 0 radical (unpaired) electrons. The molecule has 0 saturated heterocycles. The summed E-state index contributed by atoms with van der Waals surface area (Å²) < 4.78 is 5.41. The van der Waals surface area contributed by atoms with Gasteiger partial charge in [-0.1, -0.05) is 30.3 Å². The van der Waals surface area contributed by atoms with E-state index < -0.39 is 0 Å². The third-order valence-electron chi connectivity index (χ3n) is 4.60. The van der Waals surface area contributed by atoms with E-state index in [1.165, 1.54) is 11.1 Å². The number of hydrogen-bond donors (Lipinski definition) is 1. The van der Waals surface area contributed by atoms with Crippen LogP contribution in [0.1, 0.15) is 16.7 Å². The van der Waals surface area contributed by atoms with Crippen LogP contribution in [0.2, 0.25) is 0 Å². The molecule has 4 rings (SSSR count). The van der Waals surface area contributed by atoms with Gasteiger partial charge in [0, 0.05) is 13.1 Å². The fourth-order valence-corrected chi connectivity index (χ4v) is 3.23. The summed E-state index contributed by atoms with van der Waals surface area (Å²) in [6.45, 7) is 3.79. The average molecular weight is 347 g/mol. The molecule has 26 heavy (non-hydrogen) atoms. The molecule has 2 heterocycles. The van der Waals surface area contributed by atoms with Crippen LogP contribution in [0.15, 0.2) is 48.7 Å². The van der Waals surface area contributed by atoms with Gasteiger partial charge < -0.3 is 15.0 Å². The standard InChI is InChI=1S/C20H21N5O/c1-14-7-8-18(26-2)17(11-14)22-20-23-19(12-21-24-20)25-10-9-15-5-3-4-6-16(15)13-25/h3-8,11-12H,9-10,13H2,1-2H3,(H,22,23,24). The second-order valence-electron chi connectivity index (χ2n) is 6.41. The minimum absolute atomic E-state index is 0.463. The molecule has 3 aromatic rings. The van der Waals surface area contributed by atoms with Crippen molar-refractivity contribution in [3.63, 3.8) is 0 Å². The summed E-state index contributed by atoms with van der Waals surface area (Å²) in [6, 6.07) is 14.5. The lowest BCUT2D eigenvalue weighted by Gasteiger charge is -2.29. The van der Waals surface area contributed by atoms with Gasteiger partial charge >= 0.3 is 0 Å². The molecule has 0 atom stereocenters. The van der Waals surface area contributed by atoms with Crippen molar-refractivity contribution in [2.24, 2.45) is 0 Å². The molecule has 2 aromatic carbocycles. The van der Waals surface area contributed by atoms with E-state index in [-0.39, 0.29) is 0 Å². The van der Waals surface area contributed by atoms with Crippen molar-refractivity contribution in [3.8, 4) is 5.75 Å². The van der Waals surface area contributed by atoms with Crippen LogP contribution in [-0.2, 0) is 13.0 Å². The third kappa shape index (κ3) is 3.31. The molecule has 0 aliphatic carbocycles. The zero-order valence-corrected chi connectivity index (χ0v) is 14.9. The number of aryl methyl sites for hydroxylation is 1. The van der Waals surface area contributed by atoms with E-state index in [4.69, 9.17) is 4.74 Å². The fourth-order valence-electron chi connectivity index (χ4n) is 3.23. The topological polar surface area (TPSA) is 63.2 Å². The van der Waals surface area contributed by atoms with Gasteiger partial charge in [0.15, 0.2) is 5.82 Å². The Labute approximate surface area is 152 Å². The lowest BCUT2D eigenvalue weighted by Crippen LogP contribution is -2.31. The van der Waals surface area contributed by atoms with Gasteiger partial charge in [0.1, 0.15) is 5.75 Å². The molecule has 0 unspecified atom stereocenters. The van der Waals surface area contributed by atoms with Crippen molar-refractivity contribution in [1.82, 2.24) is 15.2 Å². The van der Waals surface area contributed by atoms with Crippen LogP contribution in [0.25, 0.3) is 0 Å². The molecular weight excluding hydrogens is 326 g/mol. The van der Waals surface area contributed by atoms with Gasteiger partial charge in [-0.25, -0.2) is 0 Å². The van der Waals surface area contributed by atoms with E-state index in [1.807, 2.05) is 25.1 Å². The highest BCUT2D eigenvalue weighted by molar-refractivity contribution is 5.64. The summed E-state index contributed by atoms with van der Waals surface area (Å²) in [6.07, 6.45) is 2.72. The largest absolute Gasteiger partial charge is 0.495 e. The van der Waals surface area contributed by atoms with Crippen LogP contribution in [0.3, 0.4) is 0 Å². The number of hydrogen-bond acceptors (Lipinski definition) is 6. The average Bonchev–Trinajstić information content (AvgIpc) is 2.68. The Morgan fingerprint density at radius 2 is 1.96 bits per heavy atom. The highest BCUT2D eigenvalue weighted by atomic mass is 16.5. The lowest BCUT2D eigenvalue weighted by molar-refractivity contribution is 0.416. The second kappa shape index (κ2) is 7.00. The zero-order valence-electron chi connectivity index (χ0n) is 14.9. The van der Waals surface area contributed by atoms with E-state index in [0.29, 0.717) is 5.95 Å². The van der Waals surface area contributed by atoms with Crippen molar-refractivity contribution in [2.45, 2.75) is 19.9 Å². The van der Waals surface area contributed by atoms with Gasteiger partial charge in [-0.3, -0.25) is 0 Å². The molecular formula is C20H21N5O. The lowest BCUT2D eigenvalue weighted by atomic mass is 10.0. The van der Waals surface area contributed by atoms with Gasteiger partial charge in [-0.2, -0.15) is 10.1 Å². The summed E-state index contributed by atoms with van der Waals surface area (Å²) in [4.78, 5) is 6.89. The number of aromatic nitrogens is 3. The Hall–Kier alpha value is -3.15. The van der Waals surface area contributed by atoms with Gasteiger partial charge in [-0.15, -0.1) is 5.10 Å². The minimum atomic E-state index is 0.463. The van der Waals surface area contributed by atoms with Crippen molar-refractivity contribution >= 4 is 17.5 Å². The van der Waals surface area contributed by atoms with Crippen molar-refractivity contribution in [1.29, 1.82) is 0 Å². The molecule has 132 valence electrons. The first kappa shape index (κ1) is 16.3. The Morgan fingerprint density at radius 3 is 2.81 bits per heavy atom. The first-order valence-electron chi connectivity index (χ1n) is 8.66. The number of ether oxygens (including phenoxy) is 1. The summed E-state index contributed by atoms with van der Waals surface area (Å²) in [5, 5.41) is 11.5. The monoisotopic (exact) mass is 347 g/mol. The number of anilines is 3. The maximum absolute atomic E-state index is 5.41. The van der Waals surface area contributed by atoms with E-state index >= 15 is 0 Å². The SMILES string of the molecule is COc1ccc(C)cc1Nc1nncc(N2CCc3ccccc3C2)n1. The number of fused-ring (bicyclic) bond motifs is 1. The van der Waals surface area contributed by atoms with Crippen molar-refractivity contribution < 1.29 is 4.74 Å². The van der Waals surface area contributed by atoms with Crippen LogP contribution in [-0.4, -0.2) is 28.8 Å². The summed E-state index contributed by atoms with van der Waals surface area (Å²) in [7, 11) is 1.65. The quantitative estimate of drug-likeness (QED) is 0.779. The summed E-state index contributed by atoms with van der Waals surface area (Å²) in [5.41, 5.74) is 4.71. The summed E-state index contributed by atoms with van der Waals surface area (Å²) in [5.74, 6) is 2.03. The maximum Gasteiger partial charge on any atom is 0.249 e. The molecule has 6 nitrogen and oxygen atoms in total.